The molecule has 0 radical (unpaired) electrons. The van der Waals surface area contributed by atoms with Crippen molar-refractivity contribution in [1.29, 1.82) is 0 Å². The summed E-state index contributed by atoms with van der Waals surface area (Å²) in [4.78, 5) is 34.5. The molecule has 1 saturated heterocycles. The molecular weight excluding hydrogens is 364 g/mol. The van der Waals surface area contributed by atoms with Gasteiger partial charge in [-0.3, -0.25) is 14.6 Å². The quantitative estimate of drug-likeness (QED) is 0.679. The van der Waals surface area contributed by atoms with Gasteiger partial charge in [0.2, 0.25) is 11.8 Å². The second-order valence-electron chi connectivity index (χ2n) is 7.62. The topological polar surface area (TPSA) is 78.1 Å². The minimum absolute atomic E-state index is 0.0166. The van der Waals surface area contributed by atoms with Crippen LogP contribution in [0.4, 0.5) is 0 Å². The predicted molar refractivity (Wildman–Crippen MR) is 112 cm³/mol. The van der Waals surface area contributed by atoms with Gasteiger partial charge >= 0.3 is 0 Å². The molecule has 3 aromatic rings. The first-order chi connectivity index (χ1) is 14.2. The van der Waals surface area contributed by atoms with Crippen LogP contribution in [0.1, 0.15) is 30.4 Å². The second-order valence-corrected chi connectivity index (χ2v) is 7.62. The SMILES string of the molecule is O=C(NCc1cccnc1)[C@H]1CCCN(C(=O)CCc2c[nH]c3ccccc23)C1. The summed E-state index contributed by atoms with van der Waals surface area (Å²) in [5, 5.41) is 4.15. The average molecular weight is 390 g/mol. The van der Waals surface area contributed by atoms with Crippen LogP contribution in [0.3, 0.4) is 0 Å². The molecule has 4 rings (SSSR count). The van der Waals surface area contributed by atoms with Crippen LogP contribution >= 0.6 is 0 Å². The van der Waals surface area contributed by atoms with Gasteiger partial charge in [0.15, 0.2) is 0 Å². The Morgan fingerprint density at radius 2 is 2.10 bits per heavy atom. The Morgan fingerprint density at radius 1 is 1.21 bits per heavy atom. The van der Waals surface area contributed by atoms with E-state index in [1.807, 2.05) is 41.4 Å². The molecule has 1 aromatic carbocycles. The number of aromatic amines is 1. The molecule has 1 aliphatic heterocycles. The number of benzene rings is 1. The van der Waals surface area contributed by atoms with Crippen molar-refractivity contribution < 1.29 is 9.59 Å². The molecular formula is C23H26N4O2. The summed E-state index contributed by atoms with van der Waals surface area (Å²) in [5.74, 6) is 0.000447. The normalized spacial score (nSPS) is 16.7. The Bertz CT molecular complexity index is 983. The van der Waals surface area contributed by atoms with Gasteiger partial charge in [0.1, 0.15) is 0 Å². The van der Waals surface area contributed by atoms with Crippen LogP contribution in [0.15, 0.2) is 55.0 Å². The molecule has 6 nitrogen and oxygen atoms in total. The van der Waals surface area contributed by atoms with Gasteiger partial charge in [0.05, 0.1) is 5.92 Å². The van der Waals surface area contributed by atoms with Gasteiger partial charge in [-0.2, -0.15) is 0 Å². The molecule has 150 valence electrons. The Kier molecular flexibility index (Phi) is 5.89. The van der Waals surface area contributed by atoms with Crippen LogP contribution < -0.4 is 5.32 Å². The fourth-order valence-corrected chi connectivity index (χ4v) is 3.99. The minimum Gasteiger partial charge on any atom is -0.361 e. The Labute approximate surface area is 170 Å². The lowest BCUT2D eigenvalue weighted by Gasteiger charge is -2.32. The fourth-order valence-electron chi connectivity index (χ4n) is 3.99. The Balaban J connectivity index is 1.29. The number of para-hydroxylation sites is 1. The number of piperidine rings is 1. The first-order valence-corrected chi connectivity index (χ1v) is 10.2. The number of fused-ring (bicyclic) bond motifs is 1. The van der Waals surface area contributed by atoms with Crippen molar-refractivity contribution >= 4 is 22.7 Å². The molecule has 3 heterocycles. The number of amides is 2. The van der Waals surface area contributed by atoms with Gasteiger partial charge < -0.3 is 15.2 Å². The molecule has 2 amide bonds. The Morgan fingerprint density at radius 3 is 2.97 bits per heavy atom. The lowest BCUT2D eigenvalue weighted by atomic mass is 9.96. The molecule has 0 bridgehead atoms. The number of aromatic nitrogens is 2. The maximum atomic E-state index is 12.8. The van der Waals surface area contributed by atoms with Crippen molar-refractivity contribution in [3.63, 3.8) is 0 Å². The highest BCUT2D eigenvalue weighted by atomic mass is 16.2. The summed E-state index contributed by atoms with van der Waals surface area (Å²) in [6.45, 7) is 1.71. The minimum atomic E-state index is -0.141. The first kappa shape index (κ1) is 19.2. The number of carbonyl (C=O) groups is 2. The van der Waals surface area contributed by atoms with Crippen molar-refractivity contribution in [1.82, 2.24) is 20.2 Å². The van der Waals surface area contributed by atoms with Gasteiger partial charge in [0, 0.05) is 55.5 Å². The van der Waals surface area contributed by atoms with Gasteiger partial charge in [-0.25, -0.2) is 0 Å². The summed E-state index contributed by atoms with van der Waals surface area (Å²) >= 11 is 0. The van der Waals surface area contributed by atoms with Crippen LogP contribution in [0.2, 0.25) is 0 Å². The third-order valence-electron chi connectivity index (χ3n) is 5.62. The summed E-state index contributed by atoms with van der Waals surface area (Å²) < 4.78 is 0. The second kappa shape index (κ2) is 8.90. The van der Waals surface area contributed by atoms with Gasteiger partial charge in [-0.05, 0) is 42.5 Å². The molecule has 0 aliphatic carbocycles. The molecule has 2 N–H and O–H groups in total. The smallest absolute Gasteiger partial charge is 0.225 e. The van der Waals surface area contributed by atoms with Crippen LogP contribution in [0, 0.1) is 5.92 Å². The summed E-state index contributed by atoms with van der Waals surface area (Å²) in [6.07, 6.45) is 8.31. The van der Waals surface area contributed by atoms with E-state index in [2.05, 4.69) is 21.4 Å². The lowest BCUT2D eigenvalue weighted by molar-refractivity contribution is -0.135. The zero-order valence-electron chi connectivity index (χ0n) is 16.4. The number of rotatable bonds is 6. The Hall–Kier alpha value is -3.15. The number of nitrogens with zero attached hydrogens (tertiary/aromatic N) is 2. The molecule has 29 heavy (non-hydrogen) atoms. The maximum absolute atomic E-state index is 12.8. The van der Waals surface area contributed by atoms with Gasteiger partial charge in [-0.15, -0.1) is 0 Å². The molecule has 6 heteroatoms. The highest BCUT2D eigenvalue weighted by Gasteiger charge is 2.28. The van der Waals surface area contributed by atoms with Gasteiger partial charge in [-0.1, -0.05) is 24.3 Å². The molecule has 1 aliphatic rings. The molecule has 0 spiro atoms. The van der Waals surface area contributed by atoms with Crippen molar-refractivity contribution in [3.8, 4) is 0 Å². The number of aryl methyl sites for hydroxylation is 1. The first-order valence-electron chi connectivity index (χ1n) is 10.2. The number of hydrogen-bond donors (Lipinski definition) is 2. The summed E-state index contributed by atoms with van der Waals surface area (Å²) in [5.41, 5.74) is 3.23. The number of nitrogens with one attached hydrogen (secondary N) is 2. The summed E-state index contributed by atoms with van der Waals surface area (Å²) in [6, 6.07) is 11.9. The molecule has 2 aromatic heterocycles. The van der Waals surface area contributed by atoms with Crippen LogP contribution in [0.25, 0.3) is 10.9 Å². The highest BCUT2D eigenvalue weighted by molar-refractivity contribution is 5.84. The lowest BCUT2D eigenvalue weighted by Crippen LogP contribution is -2.45. The largest absolute Gasteiger partial charge is 0.361 e. The third kappa shape index (κ3) is 4.65. The zero-order chi connectivity index (χ0) is 20.1. The molecule has 1 fully saturated rings. The van der Waals surface area contributed by atoms with Crippen molar-refractivity contribution in [2.24, 2.45) is 5.92 Å². The van der Waals surface area contributed by atoms with Crippen LogP contribution in [-0.2, 0) is 22.6 Å². The number of likely N-dealkylation sites (tertiary alicyclic amines) is 1. The van der Waals surface area contributed by atoms with Gasteiger partial charge in [0.25, 0.3) is 0 Å². The molecule has 0 saturated carbocycles. The van der Waals surface area contributed by atoms with E-state index in [-0.39, 0.29) is 17.7 Å². The van der Waals surface area contributed by atoms with E-state index in [0.29, 0.717) is 25.9 Å². The third-order valence-corrected chi connectivity index (χ3v) is 5.62. The average Bonchev–Trinajstić information content (AvgIpc) is 3.20. The molecule has 1 atom stereocenters. The van der Waals surface area contributed by atoms with Crippen molar-refractivity contribution in [2.45, 2.75) is 32.2 Å². The predicted octanol–water partition coefficient (Wildman–Crippen LogP) is 3.05. The number of H-pyrrole nitrogens is 1. The van der Waals surface area contributed by atoms with E-state index < -0.39 is 0 Å². The summed E-state index contributed by atoms with van der Waals surface area (Å²) in [7, 11) is 0. The van der Waals surface area contributed by atoms with E-state index in [9.17, 15) is 9.59 Å². The number of hydrogen-bond acceptors (Lipinski definition) is 3. The maximum Gasteiger partial charge on any atom is 0.225 e. The van der Waals surface area contributed by atoms with Crippen LogP contribution in [-0.4, -0.2) is 39.8 Å². The number of pyridine rings is 1. The fraction of sp³-hybridized carbons (Fsp3) is 0.348. The number of carbonyl (C=O) groups excluding carboxylic acids is 2. The van der Waals surface area contributed by atoms with Crippen molar-refractivity contribution in [3.05, 3.63) is 66.1 Å². The van der Waals surface area contributed by atoms with Crippen molar-refractivity contribution in [2.75, 3.05) is 13.1 Å². The zero-order valence-corrected chi connectivity index (χ0v) is 16.4. The highest BCUT2D eigenvalue weighted by Crippen LogP contribution is 2.21. The molecule has 0 unspecified atom stereocenters. The van der Waals surface area contributed by atoms with E-state index in [0.717, 1.165) is 36.0 Å². The van der Waals surface area contributed by atoms with E-state index in [1.54, 1.807) is 12.4 Å². The van der Waals surface area contributed by atoms with E-state index >= 15 is 0 Å². The van der Waals surface area contributed by atoms with Crippen LogP contribution in [0.5, 0.6) is 0 Å². The monoisotopic (exact) mass is 390 g/mol. The van der Waals surface area contributed by atoms with E-state index in [4.69, 9.17) is 0 Å². The van der Waals surface area contributed by atoms with E-state index in [1.165, 1.54) is 5.39 Å². The standard InChI is InChI=1S/C23H26N4O2/c28-22(10-9-18-15-25-21-8-2-1-7-20(18)21)27-12-4-6-19(16-27)23(29)26-14-17-5-3-11-24-13-17/h1-3,5,7-8,11,13,15,19,25H,4,6,9-10,12,14,16H2,(H,26,29)/t19-/m0/s1.